The highest BCUT2D eigenvalue weighted by Crippen LogP contribution is 2.11. The third kappa shape index (κ3) is 6.11. The third-order valence-corrected chi connectivity index (χ3v) is 4.55. The van der Waals surface area contributed by atoms with Gasteiger partial charge in [-0.3, -0.25) is 0 Å². The fourth-order valence-corrected chi connectivity index (χ4v) is 3.26. The van der Waals surface area contributed by atoms with Crippen LogP contribution in [0.1, 0.15) is 22.7 Å². The van der Waals surface area contributed by atoms with E-state index in [-0.39, 0.29) is 5.75 Å². The monoisotopic (exact) mass is 277 g/mol. The summed E-state index contributed by atoms with van der Waals surface area (Å²) in [4.78, 5) is 5.02. The highest BCUT2D eigenvalue weighted by molar-refractivity contribution is 7.89. The quantitative estimate of drug-likeness (QED) is 0.692. The fraction of sp³-hybridized carbons (Fsp3) is 0.700. The Bertz CT molecular complexity index is 429. The van der Waals surface area contributed by atoms with E-state index in [1.54, 1.807) is 6.20 Å². The maximum absolute atomic E-state index is 11.6. The topological polar surface area (TPSA) is 71.1 Å². The summed E-state index contributed by atoms with van der Waals surface area (Å²) in [7, 11) is -1.29. The average molecular weight is 277 g/mol. The number of thiazole rings is 1. The van der Waals surface area contributed by atoms with Crippen molar-refractivity contribution < 1.29 is 8.42 Å². The number of hydrogen-bond acceptors (Lipinski definition) is 5. The van der Waals surface area contributed by atoms with Crippen LogP contribution >= 0.6 is 11.3 Å². The van der Waals surface area contributed by atoms with Gasteiger partial charge in [0.2, 0.25) is 10.0 Å². The van der Waals surface area contributed by atoms with Crippen LogP contribution in [0.4, 0.5) is 0 Å². The van der Waals surface area contributed by atoms with E-state index in [0.717, 1.165) is 22.9 Å². The van der Waals surface area contributed by atoms with Crippen molar-refractivity contribution in [1.29, 1.82) is 0 Å². The number of rotatable bonds is 8. The van der Waals surface area contributed by atoms with Crippen molar-refractivity contribution in [2.24, 2.45) is 0 Å². The van der Waals surface area contributed by atoms with E-state index in [1.807, 2.05) is 14.0 Å². The lowest BCUT2D eigenvalue weighted by Crippen LogP contribution is -2.26. The predicted molar refractivity (Wildman–Crippen MR) is 70.6 cm³/mol. The molecule has 0 aliphatic carbocycles. The van der Waals surface area contributed by atoms with Crippen LogP contribution in [-0.4, -0.2) is 32.7 Å². The lowest BCUT2D eigenvalue weighted by molar-refractivity contribution is 0.576. The van der Waals surface area contributed by atoms with Crippen LogP contribution < -0.4 is 10.0 Å². The van der Waals surface area contributed by atoms with E-state index in [9.17, 15) is 8.42 Å². The lowest BCUT2D eigenvalue weighted by Gasteiger charge is -2.05. The molecule has 0 spiro atoms. The molecule has 0 fully saturated rings. The number of hydrogen-bond donors (Lipinski definition) is 2. The van der Waals surface area contributed by atoms with Gasteiger partial charge in [0.25, 0.3) is 0 Å². The number of unbranched alkanes of at least 4 members (excludes halogenated alkanes) is 1. The molecule has 0 aromatic carbocycles. The van der Waals surface area contributed by atoms with Gasteiger partial charge in [-0.1, -0.05) is 0 Å². The van der Waals surface area contributed by atoms with E-state index >= 15 is 0 Å². The van der Waals surface area contributed by atoms with Crippen molar-refractivity contribution in [2.45, 2.75) is 26.3 Å². The van der Waals surface area contributed by atoms with E-state index in [1.165, 1.54) is 11.3 Å². The largest absolute Gasteiger partial charge is 0.320 e. The Balaban J connectivity index is 2.29. The first-order chi connectivity index (χ1) is 8.03. The summed E-state index contributed by atoms with van der Waals surface area (Å²) in [6.45, 7) is 3.10. The molecule has 0 saturated heterocycles. The number of aryl methyl sites for hydroxylation is 1. The van der Waals surface area contributed by atoms with Gasteiger partial charge in [-0.25, -0.2) is 18.1 Å². The second-order valence-electron chi connectivity index (χ2n) is 3.80. The first kappa shape index (κ1) is 14.6. The van der Waals surface area contributed by atoms with Crippen LogP contribution in [0.25, 0.3) is 0 Å². The zero-order valence-electron chi connectivity index (χ0n) is 10.2. The fourth-order valence-electron chi connectivity index (χ4n) is 1.33. The maximum atomic E-state index is 11.6. The van der Waals surface area contributed by atoms with E-state index in [2.05, 4.69) is 15.0 Å². The molecule has 1 aromatic rings. The molecule has 0 saturated carbocycles. The molecule has 5 nitrogen and oxygen atoms in total. The first-order valence-electron chi connectivity index (χ1n) is 5.57. The van der Waals surface area contributed by atoms with Gasteiger partial charge in [0, 0.05) is 17.6 Å². The minimum absolute atomic E-state index is 0.187. The summed E-state index contributed by atoms with van der Waals surface area (Å²) in [6.07, 6.45) is 3.26. The third-order valence-electron chi connectivity index (χ3n) is 2.23. The van der Waals surface area contributed by atoms with Gasteiger partial charge in [0.15, 0.2) is 0 Å². The minimum atomic E-state index is -3.15. The van der Waals surface area contributed by atoms with Crippen LogP contribution in [0.15, 0.2) is 6.20 Å². The second-order valence-corrected chi connectivity index (χ2v) is 7.04. The Morgan fingerprint density at radius 1 is 1.41 bits per heavy atom. The van der Waals surface area contributed by atoms with Crippen LogP contribution in [0, 0.1) is 6.92 Å². The number of sulfonamides is 1. The molecule has 1 rings (SSSR count). The van der Waals surface area contributed by atoms with Crippen molar-refractivity contribution in [1.82, 2.24) is 15.0 Å². The molecule has 0 aliphatic heterocycles. The molecule has 98 valence electrons. The standard InChI is InChI=1S/C10H19N3O2S2/c1-9-12-7-10(16-9)8-13-17(14,15)6-4-3-5-11-2/h7,11,13H,3-6,8H2,1-2H3. The van der Waals surface area contributed by atoms with Crippen molar-refractivity contribution in [3.8, 4) is 0 Å². The molecule has 1 heterocycles. The van der Waals surface area contributed by atoms with Crippen molar-refractivity contribution in [3.63, 3.8) is 0 Å². The highest BCUT2D eigenvalue weighted by atomic mass is 32.2. The van der Waals surface area contributed by atoms with Crippen molar-refractivity contribution in [2.75, 3.05) is 19.3 Å². The van der Waals surface area contributed by atoms with Crippen molar-refractivity contribution >= 4 is 21.4 Å². The molecule has 2 N–H and O–H groups in total. The summed E-state index contributed by atoms with van der Waals surface area (Å²) < 4.78 is 25.8. The molecule has 0 bridgehead atoms. The number of nitrogens with zero attached hydrogens (tertiary/aromatic N) is 1. The highest BCUT2D eigenvalue weighted by Gasteiger charge is 2.10. The maximum Gasteiger partial charge on any atom is 0.211 e. The van der Waals surface area contributed by atoms with Gasteiger partial charge in [0.1, 0.15) is 0 Å². The van der Waals surface area contributed by atoms with Gasteiger partial charge >= 0.3 is 0 Å². The molecule has 1 aromatic heterocycles. The van der Waals surface area contributed by atoms with E-state index in [4.69, 9.17) is 0 Å². The Kier molecular flexibility index (Phi) is 6.04. The molecule has 0 unspecified atom stereocenters. The summed E-state index contributed by atoms with van der Waals surface area (Å²) >= 11 is 1.51. The molecule has 7 heteroatoms. The zero-order valence-corrected chi connectivity index (χ0v) is 11.8. The summed E-state index contributed by atoms with van der Waals surface area (Å²) in [5.41, 5.74) is 0. The summed E-state index contributed by atoms with van der Waals surface area (Å²) in [6, 6.07) is 0. The van der Waals surface area contributed by atoms with Gasteiger partial charge in [-0.05, 0) is 33.4 Å². The lowest BCUT2D eigenvalue weighted by atomic mass is 10.3. The van der Waals surface area contributed by atoms with E-state index < -0.39 is 10.0 Å². The van der Waals surface area contributed by atoms with Gasteiger partial charge in [-0.15, -0.1) is 11.3 Å². The molecule has 0 atom stereocenters. The zero-order chi connectivity index (χ0) is 12.7. The molecule has 0 amide bonds. The Morgan fingerprint density at radius 2 is 2.18 bits per heavy atom. The van der Waals surface area contributed by atoms with Crippen LogP contribution in [0.5, 0.6) is 0 Å². The average Bonchev–Trinajstić information content (AvgIpc) is 2.68. The summed E-state index contributed by atoms with van der Waals surface area (Å²) in [5, 5.41) is 3.94. The molecule has 0 aliphatic rings. The number of nitrogens with one attached hydrogen (secondary N) is 2. The first-order valence-corrected chi connectivity index (χ1v) is 8.03. The number of aromatic nitrogens is 1. The van der Waals surface area contributed by atoms with Gasteiger partial charge < -0.3 is 5.32 Å². The smallest absolute Gasteiger partial charge is 0.211 e. The van der Waals surface area contributed by atoms with Crippen molar-refractivity contribution in [3.05, 3.63) is 16.1 Å². The molecular formula is C10H19N3O2S2. The van der Waals surface area contributed by atoms with Crippen LogP contribution in [-0.2, 0) is 16.6 Å². The van der Waals surface area contributed by atoms with Gasteiger partial charge in [-0.2, -0.15) is 0 Å². The minimum Gasteiger partial charge on any atom is -0.320 e. The normalized spacial score (nSPS) is 11.9. The Hall–Kier alpha value is -0.500. The second kappa shape index (κ2) is 7.05. The predicted octanol–water partition coefficient (Wildman–Crippen LogP) is 0.871. The molecule has 17 heavy (non-hydrogen) atoms. The molecular weight excluding hydrogens is 258 g/mol. The van der Waals surface area contributed by atoms with Gasteiger partial charge in [0.05, 0.1) is 10.8 Å². The summed E-state index contributed by atoms with van der Waals surface area (Å²) in [5.74, 6) is 0.187. The van der Waals surface area contributed by atoms with Crippen LogP contribution in [0.2, 0.25) is 0 Å². The Labute approximate surface area is 107 Å². The van der Waals surface area contributed by atoms with E-state index in [0.29, 0.717) is 13.0 Å². The molecule has 0 radical (unpaired) electrons. The SMILES string of the molecule is CNCCCCS(=O)(=O)NCc1cnc(C)s1. The Morgan fingerprint density at radius 3 is 2.76 bits per heavy atom. The van der Waals surface area contributed by atoms with Crippen LogP contribution in [0.3, 0.4) is 0 Å².